The van der Waals surface area contributed by atoms with Gasteiger partial charge in [-0.2, -0.15) is 0 Å². The standard InChI is InChI=1S/C21H22FN5O2/c1-15-2-4-16(5-3-15)10-23-21(28)26-12-19(13-26)27-11-18(24-25-27)14-29-20-8-6-17(22)7-9-20/h2-9,11,19H,10,12-14H2,1H3,(H,23,28). The largest absolute Gasteiger partial charge is 0.487 e. The third-order valence-electron chi connectivity index (χ3n) is 4.85. The Morgan fingerprint density at radius 1 is 1.17 bits per heavy atom. The van der Waals surface area contributed by atoms with Crippen LogP contribution in [0.15, 0.2) is 54.7 Å². The number of nitrogens with one attached hydrogen (secondary N) is 1. The van der Waals surface area contributed by atoms with Gasteiger partial charge in [0.2, 0.25) is 0 Å². The lowest BCUT2D eigenvalue weighted by molar-refractivity contribution is 0.117. The summed E-state index contributed by atoms with van der Waals surface area (Å²) in [4.78, 5) is 14.0. The lowest BCUT2D eigenvalue weighted by Crippen LogP contribution is -2.54. The minimum absolute atomic E-state index is 0.0817. The number of hydrogen-bond acceptors (Lipinski definition) is 4. The summed E-state index contributed by atoms with van der Waals surface area (Å²) in [5.41, 5.74) is 2.95. The van der Waals surface area contributed by atoms with Crippen molar-refractivity contribution in [2.24, 2.45) is 0 Å². The summed E-state index contributed by atoms with van der Waals surface area (Å²) in [7, 11) is 0. The molecule has 3 aromatic rings. The highest BCUT2D eigenvalue weighted by molar-refractivity contribution is 5.75. The first-order valence-corrected chi connectivity index (χ1v) is 9.44. The Balaban J connectivity index is 1.22. The zero-order valence-electron chi connectivity index (χ0n) is 16.1. The highest BCUT2D eigenvalue weighted by Crippen LogP contribution is 2.21. The minimum atomic E-state index is -0.305. The molecular weight excluding hydrogens is 373 g/mol. The summed E-state index contributed by atoms with van der Waals surface area (Å²) in [6.45, 7) is 3.96. The summed E-state index contributed by atoms with van der Waals surface area (Å²) in [5, 5.41) is 11.2. The van der Waals surface area contributed by atoms with Gasteiger partial charge in [0.05, 0.1) is 12.2 Å². The molecule has 150 valence electrons. The highest BCUT2D eigenvalue weighted by atomic mass is 19.1. The predicted octanol–water partition coefficient (Wildman–Crippen LogP) is 3.07. The number of likely N-dealkylation sites (tertiary alicyclic amines) is 1. The summed E-state index contributed by atoms with van der Waals surface area (Å²) in [6, 6.07) is 13.9. The van der Waals surface area contributed by atoms with Crippen LogP contribution in [-0.2, 0) is 13.2 Å². The summed E-state index contributed by atoms with van der Waals surface area (Å²) < 4.78 is 20.2. The molecule has 1 saturated heterocycles. The molecule has 0 unspecified atom stereocenters. The number of amides is 2. The van der Waals surface area contributed by atoms with Crippen molar-refractivity contribution in [2.45, 2.75) is 26.1 Å². The molecule has 4 rings (SSSR count). The molecule has 7 nitrogen and oxygen atoms in total. The van der Waals surface area contributed by atoms with Crippen LogP contribution in [0.2, 0.25) is 0 Å². The van der Waals surface area contributed by atoms with Gasteiger partial charge in [-0.15, -0.1) is 5.10 Å². The van der Waals surface area contributed by atoms with E-state index in [4.69, 9.17) is 4.74 Å². The van der Waals surface area contributed by atoms with Gasteiger partial charge in [-0.3, -0.25) is 0 Å². The van der Waals surface area contributed by atoms with Crippen LogP contribution < -0.4 is 10.1 Å². The number of hydrogen-bond donors (Lipinski definition) is 1. The van der Waals surface area contributed by atoms with E-state index in [0.29, 0.717) is 31.1 Å². The Bertz CT molecular complexity index is 965. The average Bonchev–Trinajstić information content (AvgIpc) is 3.14. The van der Waals surface area contributed by atoms with Gasteiger partial charge in [0.25, 0.3) is 0 Å². The van der Waals surface area contributed by atoms with E-state index < -0.39 is 0 Å². The van der Waals surface area contributed by atoms with E-state index in [1.165, 1.54) is 17.7 Å². The number of ether oxygens (including phenoxy) is 1. The number of benzene rings is 2. The lowest BCUT2D eigenvalue weighted by atomic mass is 10.1. The smallest absolute Gasteiger partial charge is 0.317 e. The van der Waals surface area contributed by atoms with Gasteiger partial charge in [-0.05, 0) is 36.8 Å². The van der Waals surface area contributed by atoms with Crippen molar-refractivity contribution in [3.63, 3.8) is 0 Å². The maximum Gasteiger partial charge on any atom is 0.317 e. The number of rotatable bonds is 6. The first kappa shape index (κ1) is 18.9. The molecule has 0 saturated carbocycles. The molecule has 1 fully saturated rings. The van der Waals surface area contributed by atoms with Crippen molar-refractivity contribution in [3.05, 3.63) is 77.4 Å². The second-order valence-electron chi connectivity index (χ2n) is 7.14. The zero-order chi connectivity index (χ0) is 20.2. The molecular formula is C21H22FN5O2. The molecule has 2 aromatic carbocycles. The number of aryl methyl sites for hydroxylation is 1. The molecule has 0 bridgehead atoms. The Labute approximate surface area is 168 Å². The van der Waals surface area contributed by atoms with E-state index in [9.17, 15) is 9.18 Å². The summed E-state index contributed by atoms with van der Waals surface area (Å²) in [6.07, 6.45) is 1.82. The molecule has 0 radical (unpaired) electrons. The van der Waals surface area contributed by atoms with Crippen LogP contribution in [0, 0.1) is 12.7 Å². The number of carbonyl (C=O) groups excluding carboxylic acids is 1. The lowest BCUT2D eigenvalue weighted by Gasteiger charge is -2.38. The van der Waals surface area contributed by atoms with Gasteiger partial charge in [-0.25, -0.2) is 13.9 Å². The number of halogens is 1. The van der Waals surface area contributed by atoms with Crippen LogP contribution in [0.4, 0.5) is 9.18 Å². The van der Waals surface area contributed by atoms with Gasteiger partial charge >= 0.3 is 6.03 Å². The molecule has 0 aliphatic carbocycles. The summed E-state index contributed by atoms with van der Waals surface area (Å²) >= 11 is 0. The molecule has 2 heterocycles. The van der Waals surface area contributed by atoms with E-state index in [2.05, 4.69) is 15.6 Å². The highest BCUT2D eigenvalue weighted by Gasteiger charge is 2.32. The van der Waals surface area contributed by atoms with Crippen molar-refractivity contribution in [3.8, 4) is 5.75 Å². The van der Waals surface area contributed by atoms with Crippen molar-refractivity contribution < 1.29 is 13.9 Å². The van der Waals surface area contributed by atoms with Crippen molar-refractivity contribution in [2.75, 3.05) is 13.1 Å². The Morgan fingerprint density at radius 3 is 2.62 bits per heavy atom. The monoisotopic (exact) mass is 395 g/mol. The summed E-state index contributed by atoms with van der Waals surface area (Å²) in [5.74, 6) is 0.266. The maximum absolute atomic E-state index is 12.9. The number of nitrogens with zero attached hydrogens (tertiary/aromatic N) is 4. The second-order valence-corrected chi connectivity index (χ2v) is 7.14. The quantitative estimate of drug-likeness (QED) is 0.696. The van der Waals surface area contributed by atoms with E-state index in [0.717, 1.165) is 5.56 Å². The molecule has 8 heteroatoms. The van der Waals surface area contributed by atoms with E-state index >= 15 is 0 Å². The Hall–Kier alpha value is -3.42. The van der Waals surface area contributed by atoms with E-state index in [1.807, 2.05) is 37.4 Å². The minimum Gasteiger partial charge on any atom is -0.487 e. The fourth-order valence-corrected chi connectivity index (χ4v) is 3.03. The number of aromatic nitrogens is 3. The second kappa shape index (κ2) is 8.30. The van der Waals surface area contributed by atoms with Crippen LogP contribution >= 0.6 is 0 Å². The Kier molecular flexibility index (Phi) is 5.41. The number of urea groups is 1. The van der Waals surface area contributed by atoms with Gasteiger partial charge in [0.15, 0.2) is 0 Å². The van der Waals surface area contributed by atoms with E-state index in [-0.39, 0.29) is 24.5 Å². The third kappa shape index (κ3) is 4.71. The third-order valence-corrected chi connectivity index (χ3v) is 4.85. The zero-order valence-corrected chi connectivity index (χ0v) is 16.1. The maximum atomic E-state index is 12.9. The van der Waals surface area contributed by atoms with E-state index in [1.54, 1.807) is 21.7 Å². The molecule has 1 aliphatic heterocycles. The molecule has 0 spiro atoms. The molecule has 1 aromatic heterocycles. The SMILES string of the molecule is Cc1ccc(CNC(=O)N2CC(n3cc(COc4ccc(F)cc4)nn3)C2)cc1. The van der Waals surface area contributed by atoms with Crippen molar-refractivity contribution in [1.29, 1.82) is 0 Å². The average molecular weight is 395 g/mol. The fourth-order valence-electron chi connectivity index (χ4n) is 3.03. The molecule has 2 amide bonds. The van der Waals surface area contributed by atoms with Crippen LogP contribution in [0.1, 0.15) is 22.9 Å². The van der Waals surface area contributed by atoms with Crippen LogP contribution in [0.3, 0.4) is 0 Å². The Morgan fingerprint density at radius 2 is 1.90 bits per heavy atom. The normalized spacial score (nSPS) is 13.8. The molecule has 1 N–H and O–H groups in total. The number of carbonyl (C=O) groups is 1. The first-order chi connectivity index (χ1) is 14.1. The van der Waals surface area contributed by atoms with Crippen LogP contribution in [0.25, 0.3) is 0 Å². The van der Waals surface area contributed by atoms with Crippen LogP contribution in [0.5, 0.6) is 5.75 Å². The molecule has 1 aliphatic rings. The van der Waals surface area contributed by atoms with Crippen molar-refractivity contribution >= 4 is 6.03 Å². The van der Waals surface area contributed by atoms with Crippen LogP contribution in [-0.4, -0.2) is 39.0 Å². The topological polar surface area (TPSA) is 72.3 Å². The van der Waals surface area contributed by atoms with Gasteiger partial charge in [-0.1, -0.05) is 35.0 Å². The van der Waals surface area contributed by atoms with Gasteiger partial charge < -0.3 is 15.0 Å². The predicted molar refractivity (Wildman–Crippen MR) is 105 cm³/mol. The fraction of sp³-hybridized carbons (Fsp3) is 0.286. The molecule has 0 atom stereocenters. The van der Waals surface area contributed by atoms with Gasteiger partial charge in [0.1, 0.15) is 23.9 Å². The van der Waals surface area contributed by atoms with Gasteiger partial charge in [0, 0.05) is 19.6 Å². The first-order valence-electron chi connectivity index (χ1n) is 9.44. The molecule has 29 heavy (non-hydrogen) atoms. The van der Waals surface area contributed by atoms with Crippen molar-refractivity contribution in [1.82, 2.24) is 25.2 Å².